The number of ether oxygens (including phenoxy) is 4. The van der Waals surface area contributed by atoms with Gasteiger partial charge in [0.2, 0.25) is 6.79 Å². The molecule has 0 atom stereocenters. The quantitative estimate of drug-likeness (QED) is 0.660. The van der Waals surface area contributed by atoms with Gasteiger partial charge in [-0.2, -0.15) is 0 Å². The van der Waals surface area contributed by atoms with Crippen LogP contribution in [0.2, 0.25) is 0 Å². The van der Waals surface area contributed by atoms with Gasteiger partial charge in [-0.15, -0.1) is 0 Å². The van der Waals surface area contributed by atoms with Crippen LogP contribution >= 0.6 is 0 Å². The van der Waals surface area contributed by atoms with Crippen molar-refractivity contribution >= 4 is 10.9 Å². The number of rotatable bonds is 5. The molecule has 4 rings (SSSR count). The van der Waals surface area contributed by atoms with E-state index in [1.54, 1.807) is 7.11 Å². The number of hydrogen-bond acceptors (Lipinski definition) is 5. The normalized spacial score (nSPS) is 12.6. The first kappa shape index (κ1) is 15.7. The number of methoxy groups -OCH3 is 1. The summed E-state index contributed by atoms with van der Waals surface area (Å²) in [5.74, 6) is 2.28. The van der Waals surface area contributed by atoms with Crippen molar-refractivity contribution < 1.29 is 18.9 Å². The summed E-state index contributed by atoms with van der Waals surface area (Å²) in [7, 11) is 1.66. The average Bonchev–Trinajstić information content (AvgIpc) is 3.10. The van der Waals surface area contributed by atoms with E-state index in [1.165, 1.54) is 0 Å². The van der Waals surface area contributed by atoms with Gasteiger partial charge in [0.1, 0.15) is 17.9 Å². The van der Waals surface area contributed by atoms with Crippen LogP contribution in [0.3, 0.4) is 0 Å². The van der Waals surface area contributed by atoms with E-state index < -0.39 is 0 Å². The average molecular weight is 337 g/mol. The van der Waals surface area contributed by atoms with Gasteiger partial charge in [0, 0.05) is 18.1 Å². The summed E-state index contributed by atoms with van der Waals surface area (Å²) in [4.78, 5) is 4.85. The smallest absolute Gasteiger partial charge is 0.231 e. The molecule has 0 spiro atoms. The second-order valence-electron chi connectivity index (χ2n) is 5.89. The lowest BCUT2D eigenvalue weighted by atomic mass is 10.0. The number of pyridine rings is 1. The minimum Gasteiger partial charge on any atom is -0.489 e. The molecule has 0 aliphatic carbocycles. The van der Waals surface area contributed by atoms with E-state index in [4.69, 9.17) is 23.9 Å². The third-order valence-corrected chi connectivity index (χ3v) is 4.22. The van der Waals surface area contributed by atoms with Crippen molar-refractivity contribution in [1.29, 1.82) is 0 Å². The number of aromatic nitrogens is 1. The summed E-state index contributed by atoms with van der Waals surface area (Å²) in [6.07, 6.45) is 0. The highest BCUT2D eigenvalue weighted by Crippen LogP contribution is 2.37. The van der Waals surface area contributed by atoms with Gasteiger partial charge in [-0.1, -0.05) is 12.1 Å². The van der Waals surface area contributed by atoms with Crippen LogP contribution in [0, 0.1) is 6.92 Å². The molecule has 0 unspecified atom stereocenters. The SMILES string of the molecule is COCCOc1cccc2c(C)cc(-c3ccc4c(c3)OCO4)nc12. The van der Waals surface area contributed by atoms with Crippen LogP contribution in [0.15, 0.2) is 42.5 Å². The molecule has 0 fully saturated rings. The maximum Gasteiger partial charge on any atom is 0.231 e. The number of hydrogen-bond donors (Lipinski definition) is 0. The monoisotopic (exact) mass is 337 g/mol. The van der Waals surface area contributed by atoms with Crippen molar-refractivity contribution in [2.75, 3.05) is 27.1 Å². The van der Waals surface area contributed by atoms with Crippen molar-refractivity contribution in [2.45, 2.75) is 6.92 Å². The van der Waals surface area contributed by atoms with Gasteiger partial charge in [-0.25, -0.2) is 4.98 Å². The fraction of sp³-hybridized carbons (Fsp3) is 0.250. The Bertz CT molecular complexity index is 923. The van der Waals surface area contributed by atoms with Gasteiger partial charge in [0.25, 0.3) is 0 Å². The molecule has 0 amide bonds. The van der Waals surface area contributed by atoms with E-state index in [-0.39, 0.29) is 6.79 Å². The number of nitrogens with zero attached hydrogens (tertiary/aromatic N) is 1. The van der Waals surface area contributed by atoms with Crippen LogP contribution in [-0.2, 0) is 4.74 Å². The molecule has 25 heavy (non-hydrogen) atoms. The van der Waals surface area contributed by atoms with Crippen LogP contribution in [0.5, 0.6) is 17.2 Å². The topological polar surface area (TPSA) is 49.8 Å². The molecule has 0 radical (unpaired) electrons. The molecule has 2 aromatic carbocycles. The zero-order valence-electron chi connectivity index (χ0n) is 14.2. The summed E-state index contributed by atoms with van der Waals surface area (Å²) in [6.45, 7) is 3.38. The Morgan fingerprint density at radius 1 is 1.04 bits per heavy atom. The van der Waals surface area contributed by atoms with Crippen molar-refractivity contribution in [1.82, 2.24) is 4.98 Å². The van der Waals surface area contributed by atoms with Crippen LogP contribution in [0.4, 0.5) is 0 Å². The van der Waals surface area contributed by atoms with Crippen LogP contribution < -0.4 is 14.2 Å². The Morgan fingerprint density at radius 2 is 1.92 bits per heavy atom. The standard InChI is InChI=1S/C20H19NO4/c1-13-10-16(14-6-7-17-19(11-14)25-12-24-17)21-20-15(13)4-3-5-18(20)23-9-8-22-2/h3-7,10-11H,8-9,12H2,1-2H3. The van der Waals surface area contributed by atoms with Crippen LogP contribution in [0.25, 0.3) is 22.2 Å². The van der Waals surface area contributed by atoms with Gasteiger partial charge >= 0.3 is 0 Å². The van der Waals surface area contributed by atoms with E-state index in [2.05, 4.69) is 19.1 Å². The number of fused-ring (bicyclic) bond motifs is 2. The first-order chi connectivity index (χ1) is 12.3. The fourth-order valence-electron chi connectivity index (χ4n) is 2.95. The molecule has 128 valence electrons. The van der Waals surface area contributed by atoms with Crippen molar-refractivity contribution in [3.8, 4) is 28.5 Å². The van der Waals surface area contributed by atoms with Gasteiger partial charge in [0.05, 0.1) is 12.3 Å². The highest BCUT2D eigenvalue weighted by molar-refractivity contribution is 5.89. The molecule has 2 heterocycles. The van der Waals surface area contributed by atoms with Crippen LogP contribution in [0.1, 0.15) is 5.56 Å². The molecular weight excluding hydrogens is 318 g/mol. The second kappa shape index (κ2) is 6.61. The highest BCUT2D eigenvalue weighted by atomic mass is 16.7. The molecule has 3 aromatic rings. The molecule has 1 aliphatic heterocycles. The minimum atomic E-state index is 0.264. The predicted molar refractivity (Wildman–Crippen MR) is 95.4 cm³/mol. The Hall–Kier alpha value is -2.79. The first-order valence-corrected chi connectivity index (χ1v) is 8.18. The van der Waals surface area contributed by atoms with Crippen molar-refractivity contribution in [2.24, 2.45) is 0 Å². The summed E-state index contributed by atoms with van der Waals surface area (Å²) in [6, 6.07) is 13.9. The largest absolute Gasteiger partial charge is 0.489 e. The van der Waals surface area contributed by atoms with Crippen molar-refractivity contribution in [3.05, 3.63) is 48.0 Å². The maximum atomic E-state index is 5.85. The Kier molecular flexibility index (Phi) is 4.15. The molecule has 0 saturated carbocycles. The maximum absolute atomic E-state index is 5.85. The molecule has 0 saturated heterocycles. The third-order valence-electron chi connectivity index (χ3n) is 4.22. The summed E-state index contributed by atoms with van der Waals surface area (Å²) >= 11 is 0. The fourth-order valence-corrected chi connectivity index (χ4v) is 2.95. The summed E-state index contributed by atoms with van der Waals surface area (Å²) in [5, 5.41) is 1.08. The second-order valence-corrected chi connectivity index (χ2v) is 5.89. The van der Waals surface area contributed by atoms with E-state index >= 15 is 0 Å². The first-order valence-electron chi connectivity index (χ1n) is 8.18. The van der Waals surface area contributed by atoms with Gasteiger partial charge < -0.3 is 18.9 Å². The zero-order chi connectivity index (χ0) is 17.2. The lowest BCUT2D eigenvalue weighted by Crippen LogP contribution is -2.05. The lowest BCUT2D eigenvalue weighted by molar-refractivity contribution is 0.147. The molecule has 0 N–H and O–H groups in total. The van der Waals surface area contributed by atoms with E-state index in [0.29, 0.717) is 13.2 Å². The predicted octanol–water partition coefficient (Wildman–Crippen LogP) is 3.96. The van der Waals surface area contributed by atoms with E-state index in [0.717, 1.165) is 45.0 Å². The molecule has 5 nitrogen and oxygen atoms in total. The van der Waals surface area contributed by atoms with Crippen molar-refractivity contribution in [3.63, 3.8) is 0 Å². The van der Waals surface area contributed by atoms with Gasteiger partial charge in [-0.05, 0) is 42.8 Å². The van der Waals surface area contributed by atoms with E-state index in [9.17, 15) is 0 Å². The third kappa shape index (κ3) is 2.98. The lowest BCUT2D eigenvalue weighted by Gasteiger charge is -2.12. The molecule has 5 heteroatoms. The number of para-hydroxylation sites is 1. The Morgan fingerprint density at radius 3 is 2.80 bits per heavy atom. The summed E-state index contributed by atoms with van der Waals surface area (Å²) < 4.78 is 21.8. The van der Waals surface area contributed by atoms with Crippen LogP contribution in [-0.4, -0.2) is 32.1 Å². The molecular formula is C20H19NO4. The van der Waals surface area contributed by atoms with Gasteiger partial charge in [-0.3, -0.25) is 0 Å². The van der Waals surface area contributed by atoms with Gasteiger partial charge in [0.15, 0.2) is 11.5 Å². The number of benzene rings is 2. The molecule has 0 bridgehead atoms. The Balaban J connectivity index is 1.78. The van der Waals surface area contributed by atoms with E-state index in [1.807, 2.05) is 30.3 Å². The summed E-state index contributed by atoms with van der Waals surface area (Å²) in [5.41, 5.74) is 3.87. The highest BCUT2D eigenvalue weighted by Gasteiger charge is 2.15. The molecule has 1 aromatic heterocycles. The minimum absolute atomic E-state index is 0.264. The molecule has 1 aliphatic rings. The Labute approximate surface area is 146 Å². The zero-order valence-corrected chi connectivity index (χ0v) is 14.2. The number of aryl methyl sites for hydroxylation is 1.